The van der Waals surface area contributed by atoms with E-state index in [1.54, 1.807) is 19.1 Å². The van der Waals surface area contributed by atoms with E-state index in [0.717, 1.165) is 6.42 Å². The van der Waals surface area contributed by atoms with Crippen LogP contribution in [0.15, 0.2) is 18.2 Å². The lowest BCUT2D eigenvalue weighted by atomic mass is 10.1. The van der Waals surface area contributed by atoms with Crippen molar-refractivity contribution in [2.24, 2.45) is 0 Å². The van der Waals surface area contributed by atoms with Crippen molar-refractivity contribution in [1.29, 1.82) is 0 Å². The average molecular weight is 260 g/mol. The van der Waals surface area contributed by atoms with Crippen LogP contribution in [0.25, 0.3) is 0 Å². The molecule has 1 unspecified atom stereocenters. The van der Waals surface area contributed by atoms with E-state index in [1.807, 2.05) is 6.92 Å². The number of carbonyl (C=O) groups excluding carboxylic acids is 1. The number of terminal acetylenes is 1. The van der Waals surface area contributed by atoms with Crippen molar-refractivity contribution in [3.63, 3.8) is 0 Å². The Labute approximate surface area is 112 Å². The molecule has 5 heteroatoms. The summed E-state index contributed by atoms with van der Waals surface area (Å²) < 4.78 is 0. The first-order valence-electron chi connectivity index (χ1n) is 6.01. The summed E-state index contributed by atoms with van der Waals surface area (Å²) in [6.45, 7) is 3.59. The van der Waals surface area contributed by atoms with E-state index in [4.69, 9.17) is 6.42 Å². The number of carbonyl (C=O) groups is 1. The van der Waals surface area contributed by atoms with E-state index in [1.165, 1.54) is 6.07 Å². The third kappa shape index (κ3) is 3.81. The summed E-state index contributed by atoms with van der Waals surface area (Å²) >= 11 is 0. The molecule has 1 N–H and O–H groups in total. The van der Waals surface area contributed by atoms with Crippen LogP contribution in [0.4, 0.5) is 5.69 Å². The van der Waals surface area contributed by atoms with Gasteiger partial charge in [0.25, 0.3) is 11.6 Å². The zero-order valence-corrected chi connectivity index (χ0v) is 11.0. The average Bonchev–Trinajstić information content (AvgIpc) is 2.38. The van der Waals surface area contributed by atoms with Crippen LogP contribution in [0, 0.1) is 29.4 Å². The fourth-order valence-corrected chi connectivity index (χ4v) is 1.67. The molecule has 0 saturated carbocycles. The summed E-state index contributed by atoms with van der Waals surface area (Å²) in [6, 6.07) is 4.02. The van der Waals surface area contributed by atoms with Crippen molar-refractivity contribution in [3.05, 3.63) is 39.4 Å². The van der Waals surface area contributed by atoms with Crippen molar-refractivity contribution in [1.82, 2.24) is 5.32 Å². The van der Waals surface area contributed by atoms with E-state index in [2.05, 4.69) is 11.2 Å². The second-order valence-corrected chi connectivity index (χ2v) is 4.24. The Balaban J connectivity index is 2.92. The highest BCUT2D eigenvalue weighted by atomic mass is 16.6. The Morgan fingerprint density at radius 3 is 2.79 bits per heavy atom. The minimum Gasteiger partial charge on any atom is -0.338 e. The number of nitro groups is 1. The largest absolute Gasteiger partial charge is 0.338 e. The van der Waals surface area contributed by atoms with Crippen molar-refractivity contribution in [2.75, 3.05) is 0 Å². The number of hydrogen-bond donors (Lipinski definition) is 1. The molecule has 100 valence electrons. The summed E-state index contributed by atoms with van der Waals surface area (Å²) in [5.74, 6) is 2.10. The van der Waals surface area contributed by atoms with E-state index in [9.17, 15) is 14.9 Å². The highest BCUT2D eigenvalue weighted by Crippen LogP contribution is 2.19. The zero-order valence-electron chi connectivity index (χ0n) is 11.0. The monoisotopic (exact) mass is 260 g/mol. The summed E-state index contributed by atoms with van der Waals surface area (Å²) in [5.41, 5.74) is 0.692. The van der Waals surface area contributed by atoms with Gasteiger partial charge in [-0.2, -0.15) is 0 Å². The summed E-state index contributed by atoms with van der Waals surface area (Å²) in [6.07, 6.45) is 6.84. The van der Waals surface area contributed by atoms with Crippen molar-refractivity contribution < 1.29 is 9.72 Å². The Morgan fingerprint density at radius 2 is 2.26 bits per heavy atom. The van der Waals surface area contributed by atoms with Gasteiger partial charge >= 0.3 is 0 Å². The normalized spacial score (nSPS) is 11.4. The van der Waals surface area contributed by atoms with Gasteiger partial charge in [-0.1, -0.05) is 25.3 Å². The molecule has 0 fully saturated rings. The molecule has 1 aromatic carbocycles. The van der Waals surface area contributed by atoms with Crippen LogP contribution >= 0.6 is 0 Å². The number of nitrogens with one attached hydrogen (secondary N) is 1. The number of benzene rings is 1. The number of rotatable bonds is 5. The van der Waals surface area contributed by atoms with Gasteiger partial charge in [0.1, 0.15) is 0 Å². The standard InChI is InChI=1S/C14H16N2O3/c1-4-6-12(5-2)15-14(17)11-8-7-10(3)13(9-11)16(18)19/h2,7-9,12H,4,6H2,1,3H3,(H,15,17). The molecule has 0 heterocycles. The predicted molar refractivity (Wildman–Crippen MR) is 72.8 cm³/mol. The van der Waals surface area contributed by atoms with Gasteiger partial charge in [0.2, 0.25) is 0 Å². The maximum Gasteiger partial charge on any atom is 0.273 e. The highest BCUT2D eigenvalue weighted by molar-refractivity contribution is 5.95. The first kappa shape index (κ1) is 14.7. The molecule has 0 spiro atoms. The second-order valence-electron chi connectivity index (χ2n) is 4.24. The minimum atomic E-state index is -0.503. The molecular formula is C14H16N2O3. The molecule has 0 radical (unpaired) electrons. The number of nitro benzene ring substituents is 1. The van der Waals surface area contributed by atoms with Gasteiger partial charge in [-0.3, -0.25) is 14.9 Å². The van der Waals surface area contributed by atoms with Gasteiger partial charge in [-0.05, 0) is 19.4 Å². The first-order valence-corrected chi connectivity index (χ1v) is 6.01. The maximum absolute atomic E-state index is 11.9. The molecule has 1 rings (SSSR count). The number of hydrogen-bond acceptors (Lipinski definition) is 3. The molecule has 1 atom stereocenters. The Hall–Kier alpha value is -2.35. The van der Waals surface area contributed by atoms with Crippen LogP contribution in [-0.4, -0.2) is 16.9 Å². The van der Waals surface area contributed by atoms with Crippen LogP contribution < -0.4 is 5.32 Å². The van der Waals surface area contributed by atoms with Crippen molar-refractivity contribution in [2.45, 2.75) is 32.7 Å². The third-order valence-corrected chi connectivity index (χ3v) is 2.75. The smallest absolute Gasteiger partial charge is 0.273 e. The molecule has 0 aliphatic rings. The van der Waals surface area contributed by atoms with E-state index in [-0.39, 0.29) is 23.2 Å². The molecule has 1 amide bonds. The van der Waals surface area contributed by atoms with Gasteiger partial charge in [0.05, 0.1) is 11.0 Å². The van der Waals surface area contributed by atoms with E-state index < -0.39 is 4.92 Å². The highest BCUT2D eigenvalue weighted by Gasteiger charge is 2.16. The van der Waals surface area contributed by atoms with Crippen LogP contribution in [-0.2, 0) is 0 Å². The predicted octanol–water partition coefficient (Wildman–Crippen LogP) is 2.43. The molecule has 0 bridgehead atoms. The van der Waals surface area contributed by atoms with Gasteiger partial charge < -0.3 is 5.32 Å². The van der Waals surface area contributed by atoms with Crippen LogP contribution in [0.1, 0.15) is 35.7 Å². The molecule has 1 aromatic rings. The molecule has 0 aromatic heterocycles. The Kier molecular flexibility index (Phi) is 5.07. The topological polar surface area (TPSA) is 72.2 Å². The van der Waals surface area contributed by atoms with E-state index >= 15 is 0 Å². The van der Waals surface area contributed by atoms with Crippen LogP contribution in [0.3, 0.4) is 0 Å². The molecule has 0 aliphatic carbocycles. The maximum atomic E-state index is 11.9. The van der Waals surface area contributed by atoms with Crippen LogP contribution in [0.5, 0.6) is 0 Å². The quantitative estimate of drug-likeness (QED) is 0.502. The second kappa shape index (κ2) is 6.55. The number of amides is 1. The van der Waals surface area contributed by atoms with E-state index in [0.29, 0.717) is 12.0 Å². The summed E-state index contributed by atoms with van der Waals surface area (Å²) in [5, 5.41) is 13.5. The lowest BCUT2D eigenvalue weighted by molar-refractivity contribution is -0.385. The lowest BCUT2D eigenvalue weighted by Crippen LogP contribution is -2.33. The van der Waals surface area contributed by atoms with Crippen molar-refractivity contribution >= 4 is 11.6 Å². The minimum absolute atomic E-state index is 0.0691. The molecule has 0 saturated heterocycles. The number of nitrogens with zero attached hydrogens (tertiary/aromatic N) is 1. The van der Waals surface area contributed by atoms with Gasteiger partial charge in [0, 0.05) is 17.2 Å². The van der Waals surface area contributed by atoms with Crippen molar-refractivity contribution in [3.8, 4) is 12.3 Å². The van der Waals surface area contributed by atoms with Gasteiger partial charge in [0.15, 0.2) is 0 Å². The fraction of sp³-hybridized carbons (Fsp3) is 0.357. The fourth-order valence-electron chi connectivity index (χ4n) is 1.67. The molecular weight excluding hydrogens is 244 g/mol. The van der Waals surface area contributed by atoms with Gasteiger partial charge in [-0.15, -0.1) is 6.42 Å². The SMILES string of the molecule is C#CC(CCC)NC(=O)c1ccc(C)c([N+](=O)[O-])c1. The summed E-state index contributed by atoms with van der Waals surface area (Å²) in [4.78, 5) is 22.3. The number of aryl methyl sites for hydroxylation is 1. The molecule has 19 heavy (non-hydrogen) atoms. The van der Waals surface area contributed by atoms with Crippen LogP contribution in [0.2, 0.25) is 0 Å². The Bertz CT molecular complexity index is 532. The Morgan fingerprint density at radius 1 is 1.58 bits per heavy atom. The third-order valence-electron chi connectivity index (χ3n) is 2.75. The molecule has 0 aliphatic heterocycles. The van der Waals surface area contributed by atoms with Gasteiger partial charge in [-0.25, -0.2) is 0 Å². The molecule has 5 nitrogen and oxygen atoms in total. The lowest BCUT2D eigenvalue weighted by Gasteiger charge is -2.12. The first-order chi connectivity index (χ1) is 8.99. The zero-order chi connectivity index (χ0) is 14.4. The summed E-state index contributed by atoms with van der Waals surface area (Å²) in [7, 11) is 0.